The second kappa shape index (κ2) is 6.38. The zero-order valence-corrected chi connectivity index (χ0v) is 11.9. The zero-order chi connectivity index (χ0) is 13.7. The molecule has 0 fully saturated rings. The molecule has 0 unspecified atom stereocenters. The highest BCUT2D eigenvalue weighted by Crippen LogP contribution is 2.33. The number of ether oxygens (including phenoxy) is 2. The van der Waals surface area contributed by atoms with Crippen molar-refractivity contribution in [2.75, 3.05) is 19.5 Å². The van der Waals surface area contributed by atoms with Gasteiger partial charge in [0.05, 0.1) is 13.7 Å². The third kappa shape index (κ3) is 3.83. The summed E-state index contributed by atoms with van der Waals surface area (Å²) in [4.78, 5) is 2.16. The van der Waals surface area contributed by atoms with E-state index in [-0.39, 0.29) is 0 Å². The van der Waals surface area contributed by atoms with Crippen LogP contribution >= 0.6 is 11.8 Å². The highest BCUT2D eigenvalue weighted by molar-refractivity contribution is 7.99. The SMILES string of the molecule is CCOc1cc(N)cc(Sc2cccc(OC)c2)c1. The molecular formula is C15H17NO2S. The molecule has 0 spiro atoms. The van der Waals surface area contributed by atoms with Crippen molar-refractivity contribution < 1.29 is 9.47 Å². The number of hydrogen-bond acceptors (Lipinski definition) is 4. The lowest BCUT2D eigenvalue weighted by Gasteiger charge is -2.08. The molecular weight excluding hydrogens is 258 g/mol. The van der Waals surface area contributed by atoms with Gasteiger partial charge >= 0.3 is 0 Å². The second-order valence-corrected chi connectivity index (χ2v) is 5.10. The fraction of sp³-hybridized carbons (Fsp3) is 0.200. The first-order valence-corrected chi connectivity index (χ1v) is 6.88. The summed E-state index contributed by atoms with van der Waals surface area (Å²) in [6, 6.07) is 13.7. The lowest BCUT2D eigenvalue weighted by Crippen LogP contribution is -1.93. The Bertz CT molecular complexity index is 558. The van der Waals surface area contributed by atoms with E-state index in [2.05, 4.69) is 0 Å². The summed E-state index contributed by atoms with van der Waals surface area (Å²) in [5.41, 5.74) is 6.59. The maximum absolute atomic E-state index is 5.88. The van der Waals surface area contributed by atoms with Crippen molar-refractivity contribution in [3.8, 4) is 11.5 Å². The van der Waals surface area contributed by atoms with Crippen LogP contribution in [-0.2, 0) is 0 Å². The summed E-state index contributed by atoms with van der Waals surface area (Å²) in [5, 5.41) is 0. The van der Waals surface area contributed by atoms with Gasteiger partial charge in [-0.3, -0.25) is 0 Å². The van der Waals surface area contributed by atoms with E-state index in [4.69, 9.17) is 15.2 Å². The van der Waals surface area contributed by atoms with Crippen LogP contribution in [0.3, 0.4) is 0 Å². The van der Waals surface area contributed by atoms with Crippen molar-refractivity contribution in [1.29, 1.82) is 0 Å². The van der Waals surface area contributed by atoms with Crippen LogP contribution in [0.4, 0.5) is 5.69 Å². The van der Waals surface area contributed by atoms with Gasteiger partial charge in [0, 0.05) is 21.5 Å². The van der Waals surface area contributed by atoms with Crippen molar-refractivity contribution in [1.82, 2.24) is 0 Å². The van der Waals surface area contributed by atoms with Gasteiger partial charge in [-0.25, -0.2) is 0 Å². The molecule has 2 aromatic rings. The Balaban J connectivity index is 2.22. The average Bonchev–Trinajstić information content (AvgIpc) is 2.38. The van der Waals surface area contributed by atoms with Crippen molar-refractivity contribution in [2.24, 2.45) is 0 Å². The Hall–Kier alpha value is -1.81. The van der Waals surface area contributed by atoms with Gasteiger partial charge < -0.3 is 15.2 Å². The molecule has 0 aliphatic carbocycles. The predicted molar refractivity (Wildman–Crippen MR) is 79.1 cm³/mol. The zero-order valence-electron chi connectivity index (χ0n) is 11.1. The number of nitrogen functional groups attached to an aromatic ring is 1. The van der Waals surface area contributed by atoms with Gasteiger partial charge in [-0.05, 0) is 37.3 Å². The first kappa shape index (κ1) is 13.6. The smallest absolute Gasteiger partial charge is 0.122 e. The molecule has 0 aliphatic rings. The van der Waals surface area contributed by atoms with Gasteiger partial charge in [-0.1, -0.05) is 17.8 Å². The molecule has 0 saturated carbocycles. The molecule has 2 N–H and O–H groups in total. The molecule has 19 heavy (non-hydrogen) atoms. The lowest BCUT2D eigenvalue weighted by atomic mass is 10.3. The molecule has 0 radical (unpaired) electrons. The van der Waals surface area contributed by atoms with Crippen molar-refractivity contribution >= 4 is 17.4 Å². The van der Waals surface area contributed by atoms with E-state index >= 15 is 0 Å². The third-order valence-electron chi connectivity index (χ3n) is 2.49. The first-order chi connectivity index (χ1) is 9.21. The van der Waals surface area contributed by atoms with Crippen LogP contribution in [0.25, 0.3) is 0 Å². The number of nitrogens with two attached hydrogens (primary N) is 1. The summed E-state index contributed by atoms with van der Waals surface area (Å²) in [5.74, 6) is 1.65. The van der Waals surface area contributed by atoms with Gasteiger partial charge in [-0.2, -0.15) is 0 Å². The number of hydrogen-bond donors (Lipinski definition) is 1. The second-order valence-electron chi connectivity index (χ2n) is 3.95. The molecule has 4 heteroatoms. The van der Waals surface area contributed by atoms with E-state index in [0.29, 0.717) is 12.3 Å². The van der Waals surface area contributed by atoms with Crippen molar-refractivity contribution in [3.63, 3.8) is 0 Å². The number of anilines is 1. The fourth-order valence-electron chi connectivity index (χ4n) is 1.70. The first-order valence-electron chi connectivity index (χ1n) is 6.06. The van der Waals surface area contributed by atoms with Crippen LogP contribution in [0.2, 0.25) is 0 Å². The quantitative estimate of drug-likeness (QED) is 0.842. The highest BCUT2D eigenvalue weighted by Gasteiger charge is 2.03. The van der Waals surface area contributed by atoms with Crippen LogP contribution in [0.5, 0.6) is 11.5 Å². The van der Waals surface area contributed by atoms with Crippen LogP contribution in [-0.4, -0.2) is 13.7 Å². The van der Waals surface area contributed by atoms with E-state index in [1.54, 1.807) is 18.9 Å². The standard InChI is InChI=1S/C15H17NO2S/c1-3-18-13-7-11(16)8-15(10-13)19-14-6-4-5-12(9-14)17-2/h4-10H,3,16H2,1-2H3. The lowest BCUT2D eigenvalue weighted by molar-refractivity contribution is 0.339. The Kier molecular flexibility index (Phi) is 4.58. The van der Waals surface area contributed by atoms with E-state index < -0.39 is 0 Å². The molecule has 2 rings (SSSR count). The average molecular weight is 275 g/mol. The van der Waals surface area contributed by atoms with Crippen LogP contribution < -0.4 is 15.2 Å². The number of benzene rings is 2. The minimum atomic E-state index is 0.632. The summed E-state index contributed by atoms with van der Waals surface area (Å²) < 4.78 is 10.7. The molecule has 0 amide bonds. The largest absolute Gasteiger partial charge is 0.497 e. The minimum absolute atomic E-state index is 0.632. The summed E-state index contributed by atoms with van der Waals surface area (Å²) in [6.45, 7) is 2.59. The van der Waals surface area contributed by atoms with Gasteiger partial charge in [0.1, 0.15) is 11.5 Å². The van der Waals surface area contributed by atoms with E-state index in [0.717, 1.165) is 21.3 Å². The molecule has 0 saturated heterocycles. The molecule has 2 aromatic carbocycles. The molecule has 0 aliphatic heterocycles. The van der Waals surface area contributed by atoms with Crippen molar-refractivity contribution in [2.45, 2.75) is 16.7 Å². The topological polar surface area (TPSA) is 44.5 Å². The molecule has 0 aromatic heterocycles. The Morgan fingerprint density at radius 3 is 2.58 bits per heavy atom. The Labute approximate surface area is 117 Å². The monoisotopic (exact) mass is 275 g/mol. The van der Waals surface area contributed by atoms with E-state index in [1.165, 1.54) is 0 Å². The van der Waals surface area contributed by atoms with Gasteiger partial charge in [-0.15, -0.1) is 0 Å². The van der Waals surface area contributed by atoms with Crippen molar-refractivity contribution in [3.05, 3.63) is 42.5 Å². The normalized spacial score (nSPS) is 10.2. The van der Waals surface area contributed by atoms with Gasteiger partial charge in [0.15, 0.2) is 0 Å². The van der Waals surface area contributed by atoms with E-state index in [1.807, 2.05) is 49.4 Å². The molecule has 100 valence electrons. The number of rotatable bonds is 5. The highest BCUT2D eigenvalue weighted by atomic mass is 32.2. The minimum Gasteiger partial charge on any atom is -0.497 e. The van der Waals surface area contributed by atoms with Crippen LogP contribution in [0.1, 0.15) is 6.92 Å². The summed E-state index contributed by atoms with van der Waals surface area (Å²) in [7, 11) is 1.66. The van der Waals surface area contributed by atoms with Crippen LogP contribution in [0, 0.1) is 0 Å². The molecule has 0 heterocycles. The molecule has 0 bridgehead atoms. The maximum Gasteiger partial charge on any atom is 0.122 e. The number of methoxy groups -OCH3 is 1. The van der Waals surface area contributed by atoms with Crippen LogP contribution in [0.15, 0.2) is 52.3 Å². The Morgan fingerprint density at radius 2 is 1.84 bits per heavy atom. The predicted octanol–water partition coefficient (Wildman–Crippen LogP) is 3.83. The summed E-state index contributed by atoms with van der Waals surface area (Å²) in [6.07, 6.45) is 0. The van der Waals surface area contributed by atoms with Gasteiger partial charge in [0.2, 0.25) is 0 Å². The maximum atomic E-state index is 5.88. The summed E-state index contributed by atoms with van der Waals surface area (Å²) >= 11 is 1.63. The third-order valence-corrected chi connectivity index (χ3v) is 3.45. The Morgan fingerprint density at radius 1 is 1.05 bits per heavy atom. The van der Waals surface area contributed by atoms with Gasteiger partial charge in [0.25, 0.3) is 0 Å². The molecule has 3 nitrogen and oxygen atoms in total. The molecule has 0 atom stereocenters. The fourth-order valence-corrected chi connectivity index (χ4v) is 2.67. The van der Waals surface area contributed by atoms with E-state index in [9.17, 15) is 0 Å².